The molecule has 1 aliphatic rings. The lowest BCUT2D eigenvalue weighted by Gasteiger charge is -2.25. The number of furan rings is 1. The molecule has 1 aliphatic heterocycles. The summed E-state index contributed by atoms with van der Waals surface area (Å²) < 4.78 is 18.9. The zero-order valence-corrected chi connectivity index (χ0v) is 20.3. The van der Waals surface area contributed by atoms with Gasteiger partial charge in [-0.2, -0.15) is 0 Å². The Morgan fingerprint density at radius 3 is 2.56 bits per heavy atom. The lowest BCUT2D eigenvalue weighted by Crippen LogP contribution is -2.40. The van der Waals surface area contributed by atoms with Gasteiger partial charge in [-0.25, -0.2) is 9.79 Å². The minimum atomic E-state index is -0.672. The van der Waals surface area contributed by atoms with Crippen molar-refractivity contribution in [3.05, 3.63) is 83.3 Å². The summed E-state index contributed by atoms with van der Waals surface area (Å²) in [6.07, 6.45) is 1.37. The van der Waals surface area contributed by atoms with Crippen molar-refractivity contribution in [1.82, 2.24) is 4.57 Å². The Bertz CT molecular complexity index is 1380. The van der Waals surface area contributed by atoms with Crippen molar-refractivity contribution in [2.75, 3.05) is 7.11 Å². The predicted molar refractivity (Wildman–Crippen MR) is 124 cm³/mol. The second-order valence-corrected chi connectivity index (χ2v) is 9.24. The molecule has 32 heavy (non-hydrogen) atoms. The SMILES string of the molecule is COc1ccc(C2C(C(=O)OC(C)C)=C(C)N=c3sc(=Cc4ccc(Br)o4)c(=O)n32)cc1. The predicted octanol–water partition coefficient (Wildman–Crippen LogP) is 3.55. The summed E-state index contributed by atoms with van der Waals surface area (Å²) in [4.78, 5) is 31.6. The summed E-state index contributed by atoms with van der Waals surface area (Å²) in [6.45, 7) is 5.33. The quantitative estimate of drug-likeness (QED) is 0.484. The molecular weight excluding hydrogens is 496 g/mol. The molecule has 0 saturated heterocycles. The molecule has 7 nitrogen and oxygen atoms in total. The molecule has 3 heterocycles. The number of nitrogens with zero attached hydrogens (tertiary/aromatic N) is 2. The number of methoxy groups -OCH3 is 1. The van der Waals surface area contributed by atoms with Crippen LogP contribution in [0.2, 0.25) is 0 Å². The zero-order chi connectivity index (χ0) is 23.0. The molecule has 4 rings (SSSR count). The highest BCUT2D eigenvalue weighted by molar-refractivity contribution is 9.10. The number of hydrogen-bond donors (Lipinski definition) is 0. The largest absolute Gasteiger partial charge is 0.497 e. The summed E-state index contributed by atoms with van der Waals surface area (Å²) in [5.74, 6) is 0.723. The summed E-state index contributed by atoms with van der Waals surface area (Å²) in [6, 6.07) is 10.1. The van der Waals surface area contributed by atoms with Gasteiger partial charge in [-0.15, -0.1) is 0 Å². The Labute approximate surface area is 196 Å². The maximum Gasteiger partial charge on any atom is 0.338 e. The second-order valence-electron chi connectivity index (χ2n) is 7.45. The number of hydrogen-bond acceptors (Lipinski definition) is 7. The fourth-order valence-electron chi connectivity index (χ4n) is 3.50. The van der Waals surface area contributed by atoms with E-state index < -0.39 is 12.0 Å². The topological polar surface area (TPSA) is 83.0 Å². The lowest BCUT2D eigenvalue weighted by atomic mass is 9.96. The zero-order valence-electron chi connectivity index (χ0n) is 17.9. The molecule has 0 radical (unpaired) electrons. The van der Waals surface area contributed by atoms with Crippen molar-refractivity contribution >= 4 is 39.3 Å². The van der Waals surface area contributed by atoms with E-state index in [4.69, 9.17) is 13.9 Å². The average molecular weight is 517 g/mol. The molecule has 0 fully saturated rings. The number of carbonyl (C=O) groups is 1. The number of benzene rings is 1. The van der Waals surface area contributed by atoms with Crippen molar-refractivity contribution < 1.29 is 18.7 Å². The number of rotatable bonds is 5. The number of ether oxygens (including phenoxy) is 2. The Morgan fingerprint density at radius 2 is 1.97 bits per heavy atom. The van der Waals surface area contributed by atoms with Crippen LogP contribution in [0.25, 0.3) is 6.08 Å². The van der Waals surface area contributed by atoms with Gasteiger partial charge in [-0.1, -0.05) is 23.5 Å². The van der Waals surface area contributed by atoms with Crippen molar-refractivity contribution in [2.45, 2.75) is 32.9 Å². The standard InChI is InChI=1S/C23H21BrN2O5S/c1-12(2)30-22(28)19-13(3)25-23-26(20(19)14-5-7-15(29-4)8-6-14)21(27)17(32-23)11-16-9-10-18(24)31-16/h5-12,20H,1-4H3. The van der Waals surface area contributed by atoms with Crippen molar-refractivity contribution in [2.24, 2.45) is 4.99 Å². The van der Waals surface area contributed by atoms with E-state index in [0.29, 0.717) is 36.8 Å². The van der Waals surface area contributed by atoms with Crippen molar-refractivity contribution in [3.63, 3.8) is 0 Å². The molecule has 1 atom stereocenters. The van der Waals surface area contributed by atoms with Gasteiger partial charge in [0.15, 0.2) is 9.47 Å². The van der Waals surface area contributed by atoms with Crippen molar-refractivity contribution in [1.29, 1.82) is 0 Å². The highest BCUT2D eigenvalue weighted by atomic mass is 79.9. The minimum absolute atomic E-state index is 0.260. The monoisotopic (exact) mass is 516 g/mol. The second kappa shape index (κ2) is 8.91. The molecule has 0 N–H and O–H groups in total. The van der Waals surface area contributed by atoms with Gasteiger partial charge in [-0.3, -0.25) is 9.36 Å². The van der Waals surface area contributed by atoms with E-state index in [0.717, 1.165) is 5.56 Å². The Hall–Kier alpha value is -2.91. The summed E-state index contributed by atoms with van der Waals surface area (Å²) >= 11 is 4.52. The first-order valence-corrected chi connectivity index (χ1v) is 11.5. The van der Waals surface area contributed by atoms with Gasteiger partial charge in [0, 0.05) is 6.08 Å². The van der Waals surface area contributed by atoms with E-state index in [1.165, 1.54) is 11.3 Å². The third-order valence-corrected chi connectivity index (χ3v) is 6.29. The molecule has 2 aromatic heterocycles. The maximum atomic E-state index is 13.5. The van der Waals surface area contributed by atoms with Crippen LogP contribution in [0.15, 0.2) is 66.5 Å². The molecule has 0 amide bonds. The van der Waals surface area contributed by atoms with Gasteiger partial charge in [0.1, 0.15) is 11.5 Å². The molecule has 0 bridgehead atoms. The smallest absolute Gasteiger partial charge is 0.338 e. The fraction of sp³-hybridized carbons (Fsp3) is 0.261. The number of aromatic nitrogens is 1. The minimum Gasteiger partial charge on any atom is -0.497 e. The van der Waals surface area contributed by atoms with Crippen LogP contribution in [0.3, 0.4) is 0 Å². The normalized spacial score (nSPS) is 16.2. The number of esters is 1. The maximum absolute atomic E-state index is 13.5. The molecule has 1 aromatic carbocycles. The van der Waals surface area contributed by atoms with E-state index in [1.54, 1.807) is 62.8 Å². The van der Waals surface area contributed by atoms with Crippen LogP contribution < -0.4 is 19.6 Å². The van der Waals surface area contributed by atoms with Crippen LogP contribution in [0.5, 0.6) is 5.75 Å². The molecule has 0 spiro atoms. The van der Waals surface area contributed by atoms with Gasteiger partial charge in [-0.05, 0) is 66.5 Å². The van der Waals surface area contributed by atoms with Crippen molar-refractivity contribution in [3.8, 4) is 5.75 Å². The average Bonchev–Trinajstić information content (AvgIpc) is 3.29. The van der Waals surface area contributed by atoms with Crippen LogP contribution in [0, 0.1) is 0 Å². The van der Waals surface area contributed by atoms with Crippen LogP contribution in [0.4, 0.5) is 0 Å². The Morgan fingerprint density at radius 1 is 1.25 bits per heavy atom. The number of allylic oxidation sites excluding steroid dienone is 1. The van der Waals surface area contributed by atoms with Crippen LogP contribution in [0.1, 0.15) is 38.1 Å². The number of fused-ring (bicyclic) bond motifs is 1. The third kappa shape index (κ3) is 4.22. The number of carbonyl (C=O) groups excluding carboxylic acids is 1. The van der Waals surface area contributed by atoms with Gasteiger partial charge >= 0.3 is 5.97 Å². The Balaban J connectivity index is 1.93. The van der Waals surface area contributed by atoms with Gasteiger partial charge in [0.25, 0.3) is 5.56 Å². The molecule has 3 aromatic rings. The van der Waals surface area contributed by atoms with E-state index >= 15 is 0 Å². The van der Waals surface area contributed by atoms with Gasteiger partial charge < -0.3 is 13.9 Å². The van der Waals surface area contributed by atoms with Crippen LogP contribution in [-0.4, -0.2) is 23.8 Å². The first-order valence-electron chi connectivity index (χ1n) is 9.91. The molecular formula is C23H21BrN2O5S. The van der Waals surface area contributed by atoms with E-state index in [9.17, 15) is 9.59 Å². The van der Waals surface area contributed by atoms with E-state index in [2.05, 4.69) is 20.9 Å². The number of thiazole rings is 1. The number of halogens is 1. The van der Waals surface area contributed by atoms with Gasteiger partial charge in [0.05, 0.1) is 35.1 Å². The van der Waals surface area contributed by atoms with E-state index in [1.807, 2.05) is 12.1 Å². The molecule has 166 valence electrons. The third-order valence-electron chi connectivity index (χ3n) is 4.88. The fourth-order valence-corrected chi connectivity index (χ4v) is 4.84. The molecule has 0 aliphatic carbocycles. The lowest BCUT2D eigenvalue weighted by molar-refractivity contribution is -0.143. The van der Waals surface area contributed by atoms with Gasteiger partial charge in [0.2, 0.25) is 0 Å². The highest BCUT2D eigenvalue weighted by Crippen LogP contribution is 2.31. The first kappa shape index (κ1) is 22.3. The summed E-state index contributed by atoms with van der Waals surface area (Å²) in [5.41, 5.74) is 1.35. The molecule has 1 unspecified atom stereocenters. The van der Waals surface area contributed by atoms with Crippen LogP contribution in [-0.2, 0) is 9.53 Å². The summed E-state index contributed by atoms with van der Waals surface area (Å²) in [5, 5.41) is 0. The summed E-state index contributed by atoms with van der Waals surface area (Å²) in [7, 11) is 1.58. The van der Waals surface area contributed by atoms with Crippen LogP contribution >= 0.6 is 27.3 Å². The highest BCUT2D eigenvalue weighted by Gasteiger charge is 2.33. The Kier molecular flexibility index (Phi) is 6.21. The molecule has 0 saturated carbocycles. The molecule has 9 heteroatoms. The van der Waals surface area contributed by atoms with E-state index in [-0.39, 0.29) is 11.7 Å². The first-order chi connectivity index (χ1) is 15.3.